The number of Topliss-reactive ketones (excluding diaryl/α,β-unsaturated/α-hetero) is 1. The molecule has 39 heavy (non-hydrogen) atoms. The molecule has 4 aromatic carbocycles. The molecule has 5 rings (SSSR count). The van der Waals surface area contributed by atoms with E-state index in [4.69, 9.17) is 21.1 Å². The van der Waals surface area contributed by atoms with Gasteiger partial charge in [-0.2, -0.15) is 0 Å². The van der Waals surface area contributed by atoms with E-state index < -0.39 is 24.3 Å². The summed E-state index contributed by atoms with van der Waals surface area (Å²) in [6.45, 7) is 1.47. The number of aromatic nitrogens is 1. The second-order valence-electron chi connectivity index (χ2n) is 8.83. The maximum absolute atomic E-state index is 13.1. The molecule has 0 atom stereocenters. The molecule has 0 aliphatic carbocycles. The van der Waals surface area contributed by atoms with E-state index in [0.717, 1.165) is 5.56 Å². The fourth-order valence-corrected chi connectivity index (χ4v) is 4.24. The molecule has 0 radical (unpaired) electrons. The molecule has 0 fully saturated rings. The zero-order valence-electron chi connectivity index (χ0n) is 20.9. The van der Waals surface area contributed by atoms with Crippen LogP contribution >= 0.6 is 11.6 Å². The number of carbonyl (C=O) groups is 3. The van der Waals surface area contributed by atoms with Crippen LogP contribution in [-0.4, -0.2) is 29.3 Å². The number of halogens is 1. The summed E-state index contributed by atoms with van der Waals surface area (Å²) in [4.78, 5) is 42.8. The van der Waals surface area contributed by atoms with Gasteiger partial charge in [-0.1, -0.05) is 65.7 Å². The van der Waals surface area contributed by atoms with Crippen LogP contribution in [0.25, 0.3) is 22.2 Å². The van der Waals surface area contributed by atoms with Crippen molar-refractivity contribution in [2.45, 2.75) is 6.92 Å². The molecule has 1 aromatic heterocycles. The van der Waals surface area contributed by atoms with Gasteiger partial charge in [0.05, 0.1) is 22.3 Å². The Morgan fingerprint density at radius 1 is 0.769 bits per heavy atom. The number of fused-ring (bicyclic) bond motifs is 1. The lowest BCUT2D eigenvalue weighted by Gasteiger charge is -2.11. The number of aryl methyl sites for hydroxylation is 1. The first-order valence-electron chi connectivity index (χ1n) is 12.1. The predicted molar refractivity (Wildman–Crippen MR) is 149 cm³/mol. The maximum atomic E-state index is 13.1. The average Bonchev–Trinajstić information content (AvgIpc) is 2.96. The van der Waals surface area contributed by atoms with Crippen molar-refractivity contribution in [2.24, 2.45) is 0 Å². The van der Waals surface area contributed by atoms with Gasteiger partial charge in [0.25, 0.3) is 0 Å². The zero-order valence-corrected chi connectivity index (χ0v) is 21.6. The summed E-state index contributed by atoms with van der Waals surface area (Å²) in [7, 11) is 0. The van der Waals surface area contributed by atoms with Crippen molar-refractivity contribution < 1.29 is 23.9 Å². The first kappa shape index (κ1) is 25.8. The number of carbonyl (C=O) groups excluding carboxylic acids is 3. The first-order valence-corrected chi connectivity index (χ1v) is 12.5. The quantitative estimate of drug-likeness (QED) is 0.125. The van der Waals surface area contributed by atoms with Gasteiger partial charge in [-0.25, -0.2) is 14.6 Å². The lowest BCUT2D eigenvalue weighted by Crippen LogP contribution is -2.15. The SMILES string of the molecule is Cc1ccc(C(=O)Oc2ccc(C(=O)COC(=O)c3cc(-c4ccccc4Cl)nc4ccccc34)cc2)cc1. The Bertz CT molecular complexity index is 1700. The van der Waals surface area contributed by atoms with Gasteiger partial charge in [-0.05, 0) is 61.5 Å². The zero-order chi connectivity index (χ0) is 27.4. The van der Waals surface area contributed by atoms with E-state index in [0.29, 0.717) is 44.1 Å². The number of benzene rings is 4. The van der Waals surface area contributed by atoms with Gasteiger partial charge in [-0.3, -0.25) is 4.79 Å². The Labute approximate surface area is 229 Å². The number of ether oxygens (including phenoxy) is 2. The van der Waals surface area contributed by atoms with Crippen LogP contribution in [0.2, 0.25) is 5.02 Å². The molecule has 0 aliphatic rings. The summed E-state index contributed by atoms with van der Waals surface area (Å²) in [5.74, 6) is -1.25. The number of hydrogen-bond donors (Lipinski definition) is 0. The van der Waals surface area contributed by atoms with Gasteiger partial charge in [0.2, 0.25) is 0 Å². The molecule has 0 saturated carbocycles. The summed E-state index contributed by atoms with van der Waals surface area (Å²) < 4.78 is 10.8. The number of esters is 2. The van der Waals surface area contributed by atoms with Crippen LogP contribution in [0, 0.1) is 6.92 Å². The highest BCUT2D eigenvalue weighted by Crippen LogP contribution is 2.30. The minimum Gasteiger partial charge on any atom is -0.454 e. The highest BCUT2D eigenvalue weighted by molar-refractivity contribution is 6.33. The van der Waals surface area contributed by atoms with Crippen LogP contribution in [0.3, 0.4) is 0 Å². The van der Waals surface area contributed by atoms with Crippen molar-refractivity contribution in [2.75, 3.05) is 6.61 Å². The van der Waals surface area contributed by atoms with Gasteiger partial charge < -0.3 is 9.47 Å². The molecule has 192 valence electrons. The Morgan fingerprint density at radius 3 is 2.18 bits per heavy atom. The van der Waals surface area contributed by atoms with Gasteiger partial charge >= 0.3 is 11.9 Å². The predicted octanol–water partition coefficient (Wildman–Crippen LogP) is 7.12. The molecule has 0 aliphatic heterocycles. The van der Waals surface area contributed by atoms with Crippen molar-refractivity contribution >= 4 is 40.2 Å². The van der Waals surface area contributed by atoms with Crippen LogP contribution in [-0.2, 0) is 4.74 Å². The molecule has 0 amide bonds. The van der Waals surface area contributed by atoms with E-state index in [1.54, 1.807) is 42.5 Å². The second kappa shape index (κ2) is 11.3. The highest BCUT2D eigenvalue weighted by Gasteiger charge is 2.18. The second-order valence-corrected chi connectivity index (χ2v) is 9.24. The van der Waals surface area contributed by atoms with Crippen LogP contribution in [0.4, 0.5) is 0 Å². The van der Waals surface area contributed by atoms with Crippen molar-refractivity contribution in [3.63, 3.8) is 0 Å². The Kier molecular flexibility index (Phi) is 7.48. The van der Waals surface area contributed by atoms with Gasteiger partial charge in [0.1, 0.15) is 5.75 Å². The Morgan fingerprint density at radius 2 is 1.44 bits per heavy atom. The third-order valence-corrected chi connectivity index (χ3v) is 6.42. The average molecular weight is 536 g/mol. The summed E-state index contributed by atoms with van der Waals surface area (Å²) in [5, 5.41) is 1.10. The normalized spacial score (nSPS) is 10.7. The van der Waals surface area contributed by atoms with Crippen molar-refractivity contribution in [1.29, 1.82) is 0 Å². The number of para-hydroxylation sites is 1. The smallest absolute Gasteiger partial charge is 0.343 e. The Balaban J connectivity index is 1.28. The number of rotatable bonds is 7. The van der Waals surface area contributed by atoms with E-state index in [1.165, 1.54) is 24.3 Å². The number of hydrogen-bond acceptors (Lipinski definition) is 6. The van der Waals surface area contributed by atoms with Crippen molar-refractivity contribution in [3.8, 4) is 17.0 Å². The third kappa shape index (κ3) is 5.87. The summed E-state index contributed by atoms with van der Waals surface area (Å²) in [6, 6.07) is 29.1. The number of nitrogens with zero attached hydrogens (tertiary/aromatic N) is 1. The van der Waals surface area contributed by atoms with Crippen LogP contribution in [0.5, 0.6) is 5.75 Å². The molecule has 0 saturated heterocycles. The molecule has 7 heteroatoms. The number of pyridine rings is 1. The fraction of sp³-hybridized carbons (Fsp3) is 0.0625. The molecule has 5 aromatic rings. The highest BCUT2D eigenvalue weighted by atomic mass is 35.5. The topological polar surface area (TPSA) is 82.6 Å². The fourth-order valence-electron chi connectivity index (χ4n) is 4.01. The molecule has 0 unspecified atom stereocenters. The van der Waals surface area contributed by atoms with E-state index in [9.17, 15) is 14.4 Å². The molecular weight excluding hydrogens is 514 g/mol. The summed E-state index contributed by atoms with van der Waals surface area (Å²) >= 11 is 6.36. The molecule has 0 N–H and O–H groups in total. The van der Waals surface area contributed by atoms with E-state index in [-0.39, 0.29) is 5.56 Å². The van der Waals surface area contributed by atoms with Gasteiger partial charge in [0.15, 0.2) is 12.4 Å². The van der Waals surface area contributed by atoms with E-state index >= 15 is 0 Å². The molecule has 6 nitrogen and oxygen atoms in total. The summed E-state index contributed by atoms with van der Waals surface area (Å²) in [5.41, 5.74) is 3.86. The van der Waals surface area contributed by atoms with E-state index in [2.05, 4.69) is 4.98 Å². The lowest BCUT2D eigenvalue weighted by molar-refractivity contribution is 0.0476. The van der Waals surface area contributed by atoms with Gasteiger partial charge in [-0.15, -0.1) is 0 Å². The van der Waals surface area contributed by atoms with Crippen LogP contribution in [0.1, 0.15) is 36.6 Å². The minimum absolute atomic E-state index is 0.279. The monoisotopic (exact) mass is 535 g/mol. The third-order valence-electron chi connectivity index (χ3n) is 6.09. The molecule has 0 spiro atoms. The van der Waals surface area contributed by atoms with Crippen molar-refractivity contribution in [3.05, 3.63) is 130 Å². The molecule has 0 bridgehead atoms. The van der Waals surface area contributed by atoms with Crippen LogP contribution < -0.4 is 4.74 Å². The van der Waals surface area contributed by atoms with Gasteiger partial charge in [0, 0.05) is 21.5 Å². The standard InChI is InChI=1S/C32H22ClNO5/c1-20-10-12-22(13-11-20)31(36)39-23-16-14-21(15-17-23)30(35)19-38-32(37)26-18-29(25-7-2-4-8-27(25)33)34-28-9-5-3-6-24(26)28/h2-18H,19H2,1H3. The summed E-state index contributed by atoms with van der Waals surface area (Å²) in [6.07, 6.45) is 0. The van der Waals surface area contributed by atoms with E-state index in [1.807, 2.05) is 43.3 Å². The van der Waals surface area contributed by atoms with Crippen molar-refractivity contribution in [1.82, 2.24) is 4.98 Å². The minimum atomic E-state index is -0.654. The number of ketones is 1. The molecular formula is C32H22ClNO5. The molecule has 1 heterocycles. The lowest BCUT2D eigenvalue weighted by atomic mass is 10.0. The van der Waals surface area contributed by atoms with Crippen LogP contribution in [0.15, 0.2) is 103 Å². The largest absolute Gasteiger partial charge is 0.454 e. The maximum Gasteiger partial charge on any atom is 0.343 e. The Hall–Kier alpha value is -4.81. The first-order chi connectivity index (χ1) is 18.9.